The van der Waals surface area contributed by atoms with Gasteiger partial charge in [0.2, 0.25) is 0 Å². The normalized spacial score (nSPS) is 22.2. The second-order valence-electron chi connectivity index (χ2n) is 4.93. The molecule has 0 spiro atoms. The highest BCUT2D eigenvalue weighted by molar-refractivity contribution is 6.31. The minimum absolute atomic E-state index is 0.128. The monoisotopic (exact) mass is 281 g/mol. The van der Waals surface area contributed by atoms with E-state index in [1.54, 1.807) is 12.1 Å². The number of nitrogens with zero attached hydrogens (tertiary/aromatic N) is 1. The first kappa shape index (κ1) is 14.5. The first-order valence-corrected chi connectivity index (χ1v) is 7.14. The molecule has 4 heteroatoms. The minimum Gasteiger partial charge on any atom is -0.378 e. The Kier molecular flexibility index (Phi) is 4.97. The predicted octanol–water partition coefficient (Wildman–Crippen LogP) is 3.02. The van der Waals surface area contributed by atoms with E-state index < -0.39 is 0 Å². The third-order valence-corrected chi connectivity index (χ3v) is 3.97. The SMILES string of the molecule is CCC1COCCN1C(C)C(=O)c1cccc(Cl)c1. The molecule has 1 fully saturated rings. The van der Waals surface area contributed by atoms with Crippen molar-refractivity contribution in [1.82, 2.24) is 4.90 Å². The zero-order chi connectivity index (χ0) is 13.8. The molecule has 2 atom stereocenters. The van der Waals surface area contributed by atoms with Crippen molar-refractivity contribution < 1.29 is 9.53 Å². The quantitative estimate of drug-likeness (QED) is 0.795. The van der Waals surface area contributed by atoms with Gasteiger partial charge in [0.05, 0.1) is 19.3 Å². The lowest BCUT2D eigenvalue weighted by Crippen LogP contribution is -2.52. The van der Waals surface area contributed by atoms with E-state index in [2.05, 4.69) is 11.8 Å². The van der Waals surface area contributed by atoms with Crippen LogP contribution in [0.5, 0.6) is 0 Å². The third kappa shape index (κ3) is 3.35. The van der Waals surface area contributed by atoms with Crippen LogP contribution in [0.1, 0.15) is 30.6 Å². The Labute approximate surface area is 119 Å². The van der Waals surface area contributed by atoms with Crippen molar-refractivity contribution >= 4 is 17.4 Å². The number of ether oxygens (including phenoxy) is 1. The molecule has 1 saturated heterocycles. The fourth-order valence-electron chi connectivity index (χ4n) is 2.56. The Bertz CT molecular complexity index is 450. The second-order valence-corrected chi connectivity index (χ2v) is 5.36. The molecule has 1 aliphatic heterocycles. The molecule has 1 aliphatic rings. The first-order chi connectivity index (χ1) is 9.13. The topological polar surface area (TPSA) is 29.5 Å². The number of carbonyl (C=O) groups excluding carboxylic acids is 1. The number of halogens is 1. The van der Waals surface area contributed by atoms with Gasteiger partial charge in [0.25, 0.3) is 0 Å². The molecule has 1 aromatic rings. The van der Waals surface area contributed by atoms with Gasteiger partial charge in [-0.25, -0.2) is 0 Å². The van der Waals surface area contributed by atoms with E-state index >= 15 is 0 Å². The van der Waals surface area contributed by atoms with Crippen LogP contribution >= 0.6 is 11.6 Å². The maximum Gasteiger partial charge on any atom is 0.179 e. The van der Waals surface area contributed by atoms with Gasteiger partial charge in [0, 0.05) is 23.2 Å². The van der Waals surface area contributed by atoms with E-state index in [4.69, 9.17) is 16.3 Å². The van der Waals surface area contributed by atoms with Crippen LogP contribution in [-0.4, -0.2) is 42.5 Å². The lowest BCUT2D eigenvalue weighted by Gasteiger charge is -2.38. The van der Waals surface area contributed by atoms with Crippen molar-refractivity contribution in [1.29, 1.82) is 0 Å². The Morgan fingerprint density at radius 2 is 2.37 bits per heavy atom. The molecule has 0 aliphatic carbocycles. The van der Waals surface area contributed by atoms with Gasteiger partial charge in [-0.1, -0.05) is 30.7 Å². The zero-order valence-corrected chi connectivity index (χ0v) is 12.2. The molecule has 1 aromatic carbocycles. The summed E-state index contributed by atoms with van der Waals surface area (Å²) in [5, 5.41) is 0.604. The van der Waals surface area contributed by atoms with Crippen molar-refractivity contribution in [2.24, 2.45) is 0 Å². The summed E-state index contributed by atoms with van der Waals surface area (Å²) in [6.07, 6.45) is 0.993. The molecule has 19 heavy (non-hydrogen) atoms. The Balaban J connectivity index is 2.13. The molecule has 1 heterocycles. The number of hydrogen-bond acceptors (Lipinski definition) is 3. The number of Topliss-reactive ketones (excluding diaryl/α,β-unsaturated/α-hetero) is 1. The third-order valence-electron chi connectivity index (χ3n) is 3.73. The highest BCUT2D eigenvalue weighted by atomic mass is 35.5. The van der Waals surface area contributed by atoms with Crippen LogP contribution in [0.4, 0.5) is 0 Å². The Morgan fingerprint density at radius 1 is 1.58 bits per heavy atom. The van der Waals surface area contributed by atoms with Gasteiger partial charge in [-0.2, -0.15) is 0 Å². The zero-order valence-electron chi connectivity index (χ0n) is 11.4. The summed E-state index contributed by atoms with van der Waals surface area (Å²) in [6, 6.07) is 7.36. The fraction of sp³-hybridized carbons (Fsp3) is 0.533. The molecule has 0 aromatic heterocycles. The first-order valence-electron chi connectivity index (χ1n) is 6.76. The Morgan fingerprint density at radius 3 is 3.05 bits per heavy atom. The van der Waals surface area contributed by atoms with E-state index in [-0.39, 0.29) is 11.8 Å². The number of hydrogen-bond donors (Lipinski definition) is 0. The van der Waals surface area contributed by atoms with Crippen LogP contribution in [-0.2, 0) is 4.74 Å². The molecule has 0 saturated carbocycles. The number of morpholine rings is 1. The fourth-order valence-corrected chi connectivity index (χ4v) is 2.75. The molecule has 3 nitrogen and oxygen atoms in total. The lowest BCUT2D eigenvalue weighted by molar-refractivity contribution is -0.0220. The maximum atomic E-state index is 12.5. The number of rotatable bonds is 4. The van der Waals surface area contributed by atoms with Gasteiger partial charge in [0.15, 0.2) is 5.78 Å². The molecular formula is C15H20ClNO2. The summed E-state index contributed by atoms with van der Waals surface area (Å²) in [5.41, 5.74) is 0.682. The van der Waals surface area contributed by atoms with Crippen molar-refractivity contribution in [3.05, 3.63) is 34.9 Å². The average molecular weight is 282 g/mol. The van der Waals surface area contributed by atoms with Crippen LogP contribution < -0.4 is 0 Å². The van der Waals surface area contributed by atoms with E-state index in [0.717, 1.165) is 13.0 Å². The molecule has 0 N–H and O–H groups in total. The molecule has 2 rings (SSSR count). The van der Waals surface area contributed by atoms with Crippen LogP contribution in [0, 0.1) is 0 Å². The van der Waals surface area contributed by atoms with E-state index in [0.29, 0.717) is 29.8 Å². The van der Waals surface area contributed by atoms with Crippen LogP contribution in [0.3, 0.4) is 0 Å². The van der Waals surface area contributed by atoms with Crippen LogP contribution in [0.2, 0.25) is 5.02 Å². The van der Waals surface area contributed by atoms with E-state index in [9.17, 15) is 4.79 Å². The molecule has 0 bridgehead atoms. The van der Waals surface area contributed by atoms with Gasteiger partial charge in [-0.3, -0.25) is 9.69 Å². The van der Waals surface area contributed by atoms with Gasteiger partial charge >= 0.3 is 0 Å². The molecule has 0 amide bonds. The highest BCUT2D eigenvalue weighted by Gasteiger charge is 2.30. The summed E-state index contributed by atoms with van der Waals surface area (Å²) in [6.45, 7) is 6.32. The predicted molar refractivity (Wildman–Crippen MR) is 76.8 cm³/mol. The second kappa shape index (κ2) is 6.51. The van der Waals surface area contributed by atoms with Crippen molar-refractivity contribution in [2.75, 3.05) is 19.8 Å². The summed E-state index contributed by atoms with van der Waals surface area (Å²) in [7, 11) is 0. The highest BCUT2D eigenvalue weighted by Crippen LogP contribution is 2.19. The summed E-state index contributed by atoms with van der Waals surface area (Å²) in [5.74, 6) is 0.128. The van der Waals surface area contributed by atoms with Gasteiger partial charge in [-0.15, -0.1) is 0 Å². The molecule has 2 unspecified atom stereocenters. The van der Waals surface area contributed by atoms with Crippen molar-refractivity contribution in [3.63, 3.8) is 0 Å². The van der Waals surface area contributed by atoms with Gasteiger partial charge < -0.3 is 4.74 Å². The summed E-state index contributed by atoms with van der Waals surface area (Å²) >= 11 is 5.95. The van der Waals surface area contributed by atoms with E-state index in [1.807, 2.05) is 19.1 Å². The molecular weight excluding hydrogens is 262 g/mol. The minimum atomic E-state index is -0.132. The maximum absolute atomic E-state index is 12.5. The number of ketones is 1. The van der Waals surface area contributed by atoms with Crippen LogP contribution in [0.25, 0.3) is 0 Å². The standard InChI is InChI=1S/C15H20ClNO2/c1-3-14-10-19-8-7-17(14)11(2)15(18)12-5-4-6-13(16)9-12/h4-6,9,11,14H,3,7-8,10H2,1-2H3. The lowest BCUT2D eigenvalue weighted by atomic mass is 10.0. The Hall–Kier alpha value is -0.900. The van der Waals surface area contributed by atoms with Crippen molar-refractivity contribution in [2.45, 2.75) is 32.4 Å². The van der Waals surface area contributed by atoms with Gasteiger partial charge in [0.1, 0.15) is 0 Å². The van der Waals surface area contributed by atoms with E-state index in [1.165, 1.54) is 0 Å². The smallest absolute Gasteiger partial charge is 0.179 e. The number of benzene rings is 1. The summed E-state index contributed by atoms with van der Waals surface area (Å²) in [4.78, 5) is 14.8. The molecule has 104 valence electrons. The van der Waals surface area contributed by atoms with Crippen molar-refractivity contribution in [3.8, 4) is 0 Å². The average Bonchev–Trinajstić information content (AvgIpc) is 2.45. The molecule has 0 radical (unpaired) electrons. The summed E-state index contributed by atoms with van der Waals surface area (Å²) < 4.78 is 5.48. The number of carbonyl (C=O) groups is 1. The van der Waals surface area contributed by atoms with Gasteiger partial charge in [-0.05, 0) is 25.5 Å². The van der Waals surface area contributed by atoms with Crippen LogP contribution in [0.15, 0.2) is 24.3 Å². The largest absolute Gasteiger partial charge is 0.378 e.